The molecule has 0 saturated heterocycles. The van der Waals surface area contributed by atoms with Crippen LogP contribution >= 0.6 is 0 Å². The summed E-state index contributed by atoms with van der Waals surface area (Å²) in [7, 11) is 0. The first-order valence-corrected chi connectivity index (χ1v) is 20.2. The molecule has 0 spiro atoms. The number of benzene rings is 9. The van der Waals surface area contributed by atoms with Crippen molar-refractivity contribution in [2.45, 2.75) is 6.42 Å². The molecule has 0 aliphatic heterocycles. The monoisotopic (exact) mass is 751 g/mol. The lowest BCUT2D eigenvalue weighted by Crippen LogP contribution is -2.03. The third-order valence-corrected chi connectivity index (χ3v) is 11.5. The van der Waals surface area contributed by atoms with Crippen molar-refractivity contribution in [3.63, 3.8) is 0 Å². The van der Waals surface area contributed by atoms with Crippen LogP contribution in [0.1, 0.15) is 17.5 Å². The van der Waals surface area contributed by atoms with Crippen molar-refractivity contribution in [2.24, 2.45) is 0 Å². The van der Waals surface area contributed by atoms with Crippen LogP contribution in [0.15, 0.2) is 200 Å². The van der Waals surface area contributed by atoms with Gasteiger partial charge in [0, 0.05) is 16.7 Å². The van der Waals surface area contributed by atoms with Crippen LogP contribution in [0.2, 0.25) is 0 Å². The Labute approximate surface area is 343 Å². The van der Waals surface area contributed by atoms with Gasteiger partial charge < -0.3 is 0 Å². The maximum Gasteiger partial charge on any atom is 0.165 e. The predicted molar refractivity (Wildman–Crippen MR) is 248 cm³/mol. The summed E-state index contributed by atoms with van der Waals surface area (Å²) < 4.78 is 0. The fourth-order valence-electron chi connectivity index (χ4n) is 8.63. The number of hydrogen-bond acceptors (Lipinski definition) is 3. The lowest BCUT2D eigenvalue weighted by molar-refractivity contribution is 1.08. The van der Waals surface area contributed by atoms with Crippen LogP contribution in [0.5, 0.6) is 0 Å². The van der Waals surface area contributed by atoms with Crippen molar-refractivity contribution in [3.05, 3.63) is 211 Å². The maximum atomic E-state index is 5.43. The smallest absolute Gasteiger partial charge is 0.165 e. The van der Waals surface area contributed by atoms with Crippen molar-refractivity contribution in [1.29, 1.82) is 0 Å². The predicted octanol–water partition coefficient (Wildman–Crippen LogP) is 14.8. The van der Waals surface area contributed by atoms with Gasteiger partial charge in [0.1, 0.15) is 0 Å². The zero-order valence-electron chi connectivity index (χ0n) is 32.3. The normalized spacial score (nSPS) is 12.2. The third kappa shape index (κ3) is 6.30. The van der Waals surface area contributed by atoms with E-state index in [0.717, 1.165) is 61.7 Å². The summed E-state index contributed by atoms with van der Waals surface area (Å²) in [6, 6.07) is 66.9. The first-order chi connectivity index (χ1) is 29.2. The van der Waals surface area contributed by atoms with Crippen molar-refractivity contribution in [2.75, 3.05) is 0 Å². The zero-order chi connectivity index (χ0) is 39.1. The molecule has 0 N–H and O–H groups in total. The Kier molecular flexibility index (Phi) is 8.56. The van der Waals surface area contributed by atoms with Gasteiger partial charge in [-0.3, -0.25) is 0 Å². The van der Waals surface area contributed by atoms with Crippen molar-refractivity contribution >= 4 is 44.5 Å². The first-order valence-electron chi connectivity index (χ1n) is 20.2. The van der Waals surface area contributed by atoms with Crippen LogP contribution in [-0.2, 0) is 0 Å². The molecule has 9 aromatic carbocycles. The van der Waals surface area contributed by atoms with Gasteiger partial charge in [0.2, 0.25) is 0 Å². The van der Waals surface area contributed by atoms with E-state index in [9.17, 15) is 0 Å². The number of rotatable bonds is 6. The third-order valence-electron chi connectivity index (χ3n) is 11.5. The highest BCUT2D eigenvalue weighted by atomic mass is 15.0. The summed E-state index contributed by atoms with van der Waals surface area (Å²) in [5.74, 6) is 1.90. The molecule has 1 aromatic heterocycles. The van der Waals surface area contributed by atoms with Gasteiger partial charge in [-0.25, -0.2) is 15.0 Å². The molecule has 0 radical (unpaired) electrons. The molecule has 0 bridgehead atoms. The second kappa shape index (κ2) is 14.6. The molecule has 1 aliphatic carbocycles. The highest BCUT2D eigenvalue weighted by Crippen LogP contribution is 2.41. The summed E-state index contributed by atoms with van der Waals surface area (Å²) in [5.41, 5.74) is 12.0. The molecule has 0 amide bonds. The minimum absolute atomic E-state index is 0.629. The topological polar surface area (TPSA) is 38.7 Å². The summed E-state index contributed by atoms with van der Waals surface area (Å²) in [6.45, 7) is 0. The van der Waals surface area contributed by atoms with Crippen molar-refractivity contribution in [1.82, 2.24) is 15.0 Å². The molecule has 11 rings (SSSR count). The maximum absolute atomic E-state index is 5.43. The van der Waals surface area contributed by atoms with E-state index in [-0.39, 0.29) is 0 Å². The number of allylic oxidation sites excluding steroid dienone is 2. The van der Waals surface area contributed by atoms with Gasteiger partial charge in [0.05, 0.1) is 0 Å². The zero-order valence-corrected chi connectivity index (χ0v) is 32.3. The molecule has 1 aliphatic rings. The lowest BCUT2D eigenvalue weighted by atomic mass is 9.91. The van der Waals surface area contributed by atoms with Crippen LogP contribution in [-0.4, -0.2) is 15.0 Å². The molecule has 0 saturated carbocycles. The molecule has 10 aromatic rings. The highest BCUT2D eigenvalue weighted by Gasteiger charge is 2.22. The van der Waals surface area contributed by atoms with Gasteiger partial charge in [-0.2, -0.15) is 0 Å². The van der Waals surface area contributed by atoms with Gasteiger partial charge in [-0.05, 0) is 95.4 Å². The minimum atomic E-state index is 0.629. The van der Waals surface area contributed by atoms with E-state index >= 15 is 0 Å². The Morgan fingerprint density at radius 2 is 0.881 bits per heavy atom. The summed E-state index contributed by atoms with van der Waals surface area (Å²) in [4.78, 5) is 16.1. The first kappa shape index (κ1) is 34.5. The van der Waals surface area contributed by atoms with Gasteiger partial charge in [0.25, 0.3) is 0 Å². The summed E-state index contributed by atoms with van der Waals surface area (Å²) >= 11 is 0. The minimum Gasteiger partial charge on any atom is -0.208 e. The van der Waals surface area contributed by atoms with Crippen LogP contribution < -0.4 is 0 Å². The van der Waals surface area contributed by atoms with E-state index in [1.807, 2.05) is 6.07 Å². The van der Waals surface area contributed by atoms with E-state index in [4.69, 9.17) is 15.0 Å². The highest BCUT2D eigenvalue weighted by molar-refractivity contribution is 6.10. The molecule has 3 heteroatoms. The largest absolute Gasteiger partial charge is 0.208 e. The molecule has 1 heterocycles. The quantitative estimate of drug-likeness (QED) is 0.159. The Bertz CT molecular complexity index is 3270. The van der Waals surface area contributed by atoms with E-state index < -0.39 is 0 Å². The Morgan fingerprint density at radius 1 is 0.322 bits per heavy atom. The fourth-order valence-corrected chi connectivity index (χ4v) is 8.63. The van der Waals surface area contributed by atoms with E-state index in [1.165, 1.54) is 38.2 Å². The number of fused-ring (bicyclic) bond motifs is 5. The lowest BCUT2D eigenvalue weighted by Gasteiger charge is -2.17. The van der Waals surface area contributed by atoms with Gasteiger partial charge in [-0.15, -0.1) is 0 Å². The molecular formula is C56H37N3. The second-order valence-corrected chi connectivity index (χ2v) is 15.1. The molecule has 0 fully saturated rings. The number of nitrogens with zero attached hydrogens (tertiary/aromatic N) is 3. The van der Waals surface area contributed by atoms with Crippen molar-refractivity contribution < 1.29 is 0 Å². The van der Waals surface area contributed by atoms with Crippen LogP contribution in [0.4, 0.5) is 0 Å². The fraction of sp³-hybridized carbons (Fsp3) is 0.0179. The van der Waals surface area contributed by atoms with E-state index in [2.05, 4.69) is 206 Å². The van der Waals surface area contributed by atoms with Crippen LogP contribution in [0, 0.1) is 0 Å². The van der Waals surface area contributed by atoms with Gasteiger partial charge >= 0.3 is 0 Å². The average Bonchev–Trinajstić information content (AvgIpc) is 3.57. The SMILES string of the molecule is C1=Cc2ccc(-c3ccccc3)c(-c3nc(-c4ccc(-c5ccccc5)cc4)nc(-c4ccc(-c5ccc6c(ccc7ccccc76)c5)c5ccccc45)n3)c2C=CC1. The second-order valence-electron chi connectivity index (χ2n) is 15.1. The standard InChI is InChI=1S/C56H37N3/c1-4-14-37(15-5-1)38-24-27-42(28-25-38)54-57-55(59-56(58-54)53-48-21-9-3-8-18-41(48)30-33-49(53)39-16-6-2-7-17-39)52-35-34-47(50-22-12-13-23-51(50)52)44-31-32-46-43(36-44)29-26-40-19-10-11-20-45(40)46/h1-2,4-36H,3H2. The molecule has 0 atom stereocenters. The van der Waals surface area contributed by atoms with Crippen LogP contribution in [0.25, 0.3) is 112 Å². The number of hydrogen-bond donors (Lipinski definition) is 0. The molecule has 59 heavy (non-hydrogen) atoms. The Morgan fingerprint density at radius 3 is 1.69 bits per heavy atom. The van der Waals surface area contributed by atoms with Crippen LogP contribution in [0.3, 0.4) is 0 Å². The Hall–Kier alpha value is -7.75. The molecule has 3 nitrogen and oxygen atoms in total. The molecular weight excluding hydrogens is 715 g/mol. The summed E-state index contributed by atoms with van der Waals surface area (Å²) in [5, 5.41) is 7.23. The van der Waals surface area contributed by atoms with Crippen molar-refractivity contribution in [3.8, 4) is 67.5 Å². The van der Waals surface area contributed by atoms with Gasteiger partial charge in [0.15, 0.2) is 17.5 Å². The Balaban J connectivity index is 1.12. The summed E-state index contributed by atoms with van der Waals surface area (Å²) in [6.07, 6.45) is 9.72. The number of aromatic nitrogens is 3. The van der Waals surface area contributed by atoms with E-state index in [0.29, 0.717) is 17.5 Å². The average molecular weight is 752 g/mol. The van der Waals surface area contributed by atoms with E-state index in [1.54, 1.807) is 0 Å². The van der Waals surface area contributed by atoms with Gasteiger partial charge in [-0.1, -0.05) is 200 Å². The molecule has 0 unspecified atom stereocenters. The molecule has 276 valence electrons.